The lowest BCUT2D eigenvalue weighted by atomic mass is 10.1. The molecule has 67 heavy (non-hydrogen) atoms. The zero-order valence-corrected chi connectivity index (χ0v) is 46.3. The van der Waals surface area contributed by atoms with Gasteiger partial charge in [-0.15, -0.1) is 79.4 Å². The first-order valence-corrected chi connectivity index (χ1v) is 31.6. The average molecular weight is 1040 g/mol. The van der Waals surface area contributed by atoms with E-state index in [9.17, 15) is 4.79 Å². The highest BCUT2D eigenvalue weighted by Crippen LogP contribution is 2.48. The van der Waals surface area contributed by atoms with Crippen molar-refractivity contribution < 1.29 is 9.53 Å². The highest BCUT2D eigenvalue weighted by Gasteiger charge is 2.23. The number of hydrogen-bond donors (Lipinski definition) is 0. The fourth-order valence-electron chi connectivity index (χ4n) is 8.75. The van der Waals surface area contributed by atoms with Gasteiger partial charge >= 0.3 is 5.97 Å². The number of carbonyl (C=O) groups excluding carboxylic acids is 1. The van der Waals surface area contributed by atoms with E-state index in [1.807, 2.05) is 68.0 Å². The van der Waals surface area contributed by atoms with Gasteiger partial charge in [-0.1, -0.05) is 116 Å². The maximum Gasteiger partial charge on any atom is 0.354 e. The fourth-order valence-corrected chi connectivity index (χ4v) is 17.6. The van der Waals surface area contributed by atoms with Crippen LogP contribution in [0.25, 0.3) is 58.5 Å². The molecule has 0 atom stereocenters. The van der Waals surface area contributed by atoms with E-state index in [0.29, 0.717) is 9.94 Å². The molecule has 0 aliphatic rings. The quantitative estimate of drug-likeness (QED) is 0.0361. The van der Waals surface area contributed by atoms with Crippen molar-refractivity contribution in [1.29, 1.82) is 0 Å². The standard InChI is InChI=1S/C57H66O2S8/c1-5-9-13-17-21-39-33-35-60-53(39)47-29-25-43(62-47)45-27-31-49(64-45)55-41(23-19-15-11-7-3)37-51(66-55)57(58)59-52-38-42(24-20-16-12-8-4)56(67-52)50-32-28-46(65-50)44-26-30-48(63-44)54-40(34-36-61-54)22-18-14-10-6-2/h25-38H,5-24H2,1-4H3. The van der Waals surface area contributed by atoms with Crippen LogP contribution in [-0.4, -0.2) is 5.97 Å². The topological polar surface area (TPSA) is 26.3 Å². The van der Waals surface area contributed by atoms with Gasteiger partial charge in [-0.05, 0) is 157 Å². The second-order valence-electron chi connectivity index (χ2n) is 17.7. The van der Waals surface area contributed by atoms with Gasteiger partial charge in [0.15, 0.2) is 5.06 Å². The molecule has 2 nitrogen and oxygen atoms in total. The predicted octanol–water partition coefficient (Wildman–Crippen LogP) is 21.9. The van der Waals surface area contributed by atoms with Crippen LogP contribution in [0, 0.1) is 0 Å². The van der Waals surface area contributed by atoms with Gasteiger partial charge in [0.2, 0.25) is 0 Å². The SMILES string of the molecule is CCCCCCc1ccsc1-c1ccc(-c2ccc(-c3sc(OC(=O)c4cc(CCCCCC)c(-c5ccc(-c6ccc(-c7sccc7CCCCCC)s6)s5)s4)cc3CCCCCC)s2)s1. The zero-order valence-electron chi connectivity index (χ0n) is 39.8. The van der Waals surface area contributed by atoms with E-state index in [-0.39, 0.29) is 5.97 Å². The third-order valence-corrected chi connectivity index (χ3v) is 22.1. The summed E-state index contributed by atoms with van der Waals surface area (Å²) in [6, 6.07) is 27.4. The van der Waals surface area contributed by atoms with Crippen LogP contribution in [0.15, 0.2) is 83.6 Å². The van der Waals surface area contributed by atoms with Crippen molar-refractivity contribution in [1.82, 2.24) is 0 Å². The van der Waals surface area contributed by atoms with Crippen LogP contribution in [0.5, 0.6) is 5.06 Å². The Hall–Kier alpha value is -2.93. The van der Waals surface area contributed by atoms with Crippen LogP contribution in [-0.2, 0) is 25.7 Å². The molecule has 10 heteroatoms. The Labute approximate surface area is 432 Å². The van der Waals surface area contributed by atoms with Gasteiger partial charge in [-0.2, -0.15) is 0 Å². The maximum atomic E-state index is 14.2. The third kappa shape index (κ3) is 13.3. The van der Waals surface area contributed by atoms with E-state index < -0.39 is 0 Å². The van der Waals surface area contributed by atoms with E-state index >= 15 is 0 Å². The molecule has 0 unspecified atom stereocenters. The van der Waals surface area contributed by atoms with E-state index in [4.69, 9.17) is 4.74 Å². The van der Waals surface area contributed by atoms with Crippen LogP contribution >= 0.6 is 90.7 Å². The second-order valence-corrected chi connectivity index (χ2v) is 26.0. The summed E-state index contributed by atoms with van der Waals surface area (Å²) in [5.74, 6) is -0.242. The number of unbranched alkanes of at least 4 members (excludes halogenated alkanes) is 12. The molecule has 0 amide bonds. The molecule has 8 aromatic heterocycles. The first kappa shape index (κ1) is 50.5. The fraction of sp³-hybridized carbons (Fsp3) is 0.421. The normalized spacial score (nSPS) is 11.6. The first-order valence-electron chi connectivity index (χ1n) is 25.0. The Morgan fingerprint density at radius 2 is 0.731 bits per heavy atom. The minimum absolute atomic E-state index is 0.242. The van der Waals surface area contributed by atoms with Gasteiger partial charge in [0, 0.05) is 53.6 Å². The van der Waals surface area contributed by atoms with Crippen molar-refractivity contribution in [2.45, 2.75) is 156 Å². The largest absolute Gasteiger partial charge is 0.411 e. The molecule has 0 spiro atoms. The minimum atomic E-state index is -0.242. The molecule has 0 bridgehead atoms. The summed E-state index contributed by atoms with van der Waals surface area (Å²) >= 11 is 14.6. The van der Waals surface area contributed by atoms with Crippen LogP contribution in [0.2, 0.25) is 0 Å². The minimum Gasteiger partial charge on any atom is -0.411 e. The third-order valence-electron chi connectivity index (χ3n) is 12.5. The molecule has 0 fully saturated rings. The zero-order chi connectivity index (χ0) is 46.4. The molecule has 0 N–H and O–H groups in total. The molecular weight excluding hydrogens is 973 g/mol. The van der Waals surface area contributed by atoms with Crippen molar-refractivity contribution in [3.63, 3.8) is 0 Å². The van der Waals surface area contributed by atoms with Gasteiger partial charge in [-0.25, -0.2) is 4.79 Å². The molecule has 8 aromatic rings. The van der Waals surface area contributed by atoms with Crippen LogP contribution < -0.4 is 4.74 Å². The Morgan fingerprint density at radius 1 is 0.373 bits per heavy atom. The molecular formula is C57H66O2S8. The van der Waals surface area contributed by atoms with Crippen molar-refractivity contribution >= 4 is 96.7 Å². The second kappa shape index (κ2) is 25.8. The van der Waals surface area contributed by atoms with E-state index in [1.54, 1.807) is 22.7 Å². The number of aryl methyl sites for hydroxylation is 4. The smallest absolute Gasteiger partial charge is 0.354 e. The number of esters is 1. The number of hydrogen-bond acceptors (Lipinski definition) is 10. The molecule has 0 saturated heterocycles. The highest BCUT2D eigenvalue weighted by molar-refractivity contribution is 7.29. The van der Waals surface area contributed by atoms with Crippen molar-refractivity contribution in [2.75, 3.05) is 0 Å². The lowest BCUT2D eigenvalue weighted by molar-refractivity contribution is 0.0745. The van der Waals surface area contributed by atoms with Gasteiger partial charge in [-0.3, -0.25) is 0 Å². The van der Waals surface area contributed by atoms with Gasteiger partial charge < -0.3 is 4.74 Å². The molecule has 0 aliphatic heterocycles. The Morgan fingerprint density at radius 3 is 1.15 bits per heavy atom. The van der Waals surface area contributed by atoms with E-state index in [2.05, 4.69) is 111 Å². The van der Waals surface area contributed by atoms with Gasteiger partial charge in [0.25, 0.3) is 0 Å². The van der Waals surface area contributed by atoms with Gasteiger partial charge in [0.05, 0.1) is 4.88 Å². The first-order chi connectivity index (χ1) is 33.0. The lowest BCUT2D eigenvalue weighted by Crippen LogP contribution is -2.05. The van der Waals surface area contributed by atoms with E-state index in [1.165, 1.54) is 177 Å². The van der Waals surface area contributed by atoms with E-state index in [0.717, 1.165) is 32.1 Å². The monoisotopic (exact) mass is 1040 g/mol. The molecule has 0 aromatic carbocycles. The summed E-state index contributed by atoms with van der Waals surface area (Å²) in [7, 11) is 0. The Bertz CT molecular complexity index is 2730. The summed E-state index contributed by atoms with van der Waals surface area (Å²) in [5.41, 5.74) is 5.56. The molecule has 8 rings (SSSR count). The summed E-state index contributed by atoms with van der Waals surface area (Å²) in [5, 5.41) is 5.22. The summed E-state index contributed by atoms with van der Waals surface area (Å²) in [6.07, 6.45) is 24.2. The summed E-state index contributed by atoms with van der Waals surface area (Å²) in [4.78, 5) is 30.7. The van der Waals surface area contributed by atoms with Crippen molar-refractivity contribution in [3.8, 4) is 63.6 Å². The molecule has 0 saturated carbocycles. The highest BCUT2D eigenvalue weighted by atomic mass is 32.1. The number of ether oxygens (including phenoxy) is 1. The van der Waals surface area contributed by atoms with Crippen LogP contribution in [0.3, 0.4) is 0 Å². The van der Waals surface area contributed by atoms with Crippen molar-refractivity contribution in [2.24, 2.45) is 0 Å². The van der Waals surface area contributed by atoms with Crippen LogP contribution in [0.4, 0.5) is 0 Å². The van der Waals surface area contributed by atoms with Gasteiger partial charge in [0.1, 0.15) is 4.88 Å². The Balaban J connectivity index is 0.998. The molecule has 354 valence electrons. The number of rotatable bonds is 28. The number of thiophene rings is 8. The van der Waals surface area contributed by atoms with Crippen molar-refractivity contribution in [3.05, 3.63) is 111 Å². The average Bonchev–Trinajstić information content (AvgIpc) is 4.18. The molecule has 8 heterocycles. The summed E-state index contributed by atoms with van der Waals surface area (Å²) < 4.78 is 6.37. The lowest BCUT2D eigenvalue weighted by Gasteiger charge is -2.02. The summed E-state index contributed by atoms with van der Waals surface area (Å²) in [6.45, 7) is 9.09. The molecule has 0 aliphatic carbocycles. The predicted molar refractivity (Wildman–Crippen MR) is 305 cm³/mol. The maximum absolute atomic E-state index is 14.2. The van der Waals surface area contributed by atoms with Crippen LogP contribution in [0.1, 0.15) is 162 Å². The number of carbonyl (C=O) groups is 1. The molecule has 0 radical (unpaired) electrons. The Kier molecular flexibility index (Phi) is 19.4.